The van der Waals surface area contributed by atoms with Crippen LogP contribution in [0.2, 0.25) is 0 Å². The number of unbranched alkanes of at least 4 members (excludes halogenated alkanes) is 1. The molecule has 2 aromatic carbocycles. The molecule has 0 radical (unpaired) electrons. The summed E-state index contributed by atoms with van der Waals surface area (Å²) in [5.74, 6) is 1.04. The number of nitrogens with one attached hydrogen (secondary N) is 1. The normalized spacial score (nSPS) is 14.7. The minimum atomic E-state index is 0.0488. The number of rotatable bonds is 8. The van der Waals surface area contributed by atoms with E-state index in [-0.39, 0.29) is 11.8 Å². The summed E-state index contributed by atoms with van der Waals surface area (Å²) in [6.07, 6.45) is 3.39. The molecule has 0 atom stereocenters. The number of carbonyl (C=O) groups is 2. The van der Waals surface area contributed by atoms with Gasteiger partial charge in [0, 0.05) is 38.7 Å². The van der Waals surface area contributed by atoms with Crippen LogP contribution in [0.1, 0.15) is 32.6 Å². The number of amides is 2. The van der Waals surface area contributed by atoms with Crippen molar-refractivity contribution in [3.8, 4) is 16.9 Å². The van der Waals surface area contributed by atoms with Gasteiger partial charge in [-0.05, 0) is 67.7 Å². The Hall–Kier alpha value is -2.86. The second-order valence-corrected chi connectivity index (χ2v) is 8.02. The third-order valence-electron chi connectivity index (χ3n) is 5.73. The molecule has 31 heavy (non-hydrogen) atoms. The number of hydrogen-bond donors (Lipinski definition) is 1. The van der Waals surface area contributed by atoms with Crippen molar-refractivity contribution < 1.29 is 14.3 Å². The molecule has 1 aliphatic rings. The Bertz CT molecular complexity index is 867. The molecule has 0 unspecified atom stereocenters. The molecular formula is C25H33N3O3. The summed E-state index contributed by atoms with van der Waals surface area (Å²) >= 11 is 0. The molecular weight excluding hydrogens is 390 g/mol. The largest absolute Gasteiger partial charge is 0.497 e. The Morgan fingerprint density at radius 1 is 0.968 bits per heavy atom. The number of carbonyl (C=O) groups excluding carboxylic acids is 2. The lowest BCUT2D eigenvalue weighted by Gasteiger charge is -2.20. The van der Waals surface area contributed by atoms with Crippen molar-refractivity contribution >= 4 is 17.5 Å². The van der Waals surface area contributed by atoms with Crippen LogP contribution in [0.5, 0.6) is 5.75 Å². The second-order valence-electron chi connectivity index (χ2n) is 8.02. The zero-order valence-electron chi connectivity index (χ0n) is 18.6. The summed E-state index contributed by atoms with van der Waals surface area (Å²) < 4.78 is 5.28. The van der Waals surface area contributed by atoms with E-state index in [1.807, 2.05) is 53.4 Å². The van der Waals surface area contributed by atoms with Crippen LogP contribution in [0.25, 0.3) is 11.1 Å². The van der Waals surface area contributed by atoms with Crippen LogP contribution in [-0.2, 0) is 9.59 Å². The monoisotopic (exact) mass is 423 g/mol. The summed E-state index contributed by atoms with van der Waals surface area (Å²) in [7, 11) is 1.66. The fourth-order valence-electron chi connectivity index (χ4n) is 3.90. The van der Waals surface area contributed by atoms with Gasteiger partial charge in [0.2, 0.25) is 11.8 Å². The van der Waals surface area contributed by atoms with Crippen LogP contribution < -0.4 is 10.1 Å². The van der Waals surface area contributed by atoms with Crippen LogP contribution in [-0.4, -0.2) is 61.4 Å². The molecule has 1 aliphatic heterocycles. The summed E-state index contributed by atoms with van der Waals surface area (Å²) in [6, 6.07) is 15.8. The maximum absolute atomic E-state index is 12.3. The van der Waals surface area contributed by atoms with E-state index in [2.05, 4.69) is 10.2 Å². The highest BCUT2D eigenvalue weighted by atomic mass is 16.5. The molecule has 1 heterocycles. The number of methoxy groups -OCH3 is 1. The number of nitrogens with zero attached hydrogens (tertiary/aromatic N) is 2. The predicted molar refractivity (Wildman–Crippen MR) is 124 cm³/mol. The Kier molecular flexibility index (Phi) is 8.47. The molecule has 0 bridgehead atoms. The van der Waals surface area contributed by atoms with Gasteiger partial charge in [0.1, 0.15) is 5.75 Å². The lowest BCUT2D eigenvalue weighted by atomic mass is 10.1. The summed E-state index contributed by atoms with van der Waals surface area (Å²) in [6.45, 7) is 6.22. The van der Waals surface area contributed by atoms with Crippen LogP contribution in [0.4, 0.5) is 5.69 Å². The zero-order chi connectivity index (χ0) is 22.1. The topological polar surface area (TPSA) is 61.9 Å². The van der Waals surface area contributed by atoms with Gasteiger partial charge in [0.15, 0.2) is 0 Å². The van der Waals surface area contributed by atoms with Crippen molar-refractivity contribution in [1.82, 2.24) is 9.80 Å². The van der Waals surface area contributed by atoms with Gasteiger partial charge in [0.05, 0.1) is 7.11 Å². The maximum atomic E-state index is 12.3. The van der Waals surface area contributed by atoms with Crippen molar-refractivity contribution in [2.75, 3.05) is 45.2 Å². The first-order valence-corrected chi connectivity index (χ1v) is 11.1. The standard InChI is InChI=1S/C25H33N3O3/c1-20(29)28-16-6-15-27(17-18-28)14-4-3-9-25(30)26-23-12-10-21(11-13-23)22-7-5-8-24(19-22)31-2/h5,7-8,10-13,19H,3-4,6,9,14-18H2,1-2H3,(H,26,30). The van der Waals surface area contributed by atoms with Crippen molar-refractivity contribution in [3.63, 3.8) is 0 Å². The molecule has 1 fully saturated rings. The van der Waals surface area contributed by atoms with Gasteiger partial charge in [-0.2, -0.15) is 0 Å². The molecule has 6 heteroatoms. The van der Waals surface area contributed by atoms with E-state index >= 15 is 0 Å². The average Bonchev–Trinajstić information content (AvgIpc) is 3.03. The summed E-state index contributed by atoms with van der Waals surface area (Å²) in [5.41, 5.74) is 2.98. The first-order valence-electron chi connectivity index (χ1n) is 11.1. The SMILES string of the molecule is COc1cccc(-c2ccc(NC(=O)CCCCN3CCCN(C(C)=O)CC3)cc2)c1. The molecule has 1 N–H and O–H groups in total. The van der Waals surface area contributed by atoms with Crippen LogP contribution in [0.3, 0.4) is 0 Å². The van der Waals surface area contributed by atoms with E-state index in [9.17, 15) is 9.59 Å². The number of ether oxygens (including phenoxy) is 1. The fraction of sp³-hybridized carbons (Fsp3) is 0.440. The van der Waals surface area contributed by atoms with Crippen molar-refractivity contribution in [1.29, 1.82) is 0 Å². The molecule has 1 saturated heterocycles. The van der Waals surface area contributed by atoms with Crippen molar-refractivity contribution in [2.45, 2.75) is 32.6 Å². The molecule has 0 spiro atoms. The maximum Gasteiger partial charge on any atom is 0.224 e. The zero-order valence-corrected chi connectivity index (χ0v) is 18.6. The van der Waals surface area contributed by atoms with E-state index in [0.717, 1.165) is 74.6 Å². The average molecular weight is 424 g/mol. The van der Waals surface area contributed by atoms with Gasteiger partial charge < -0.3 is 19.9 Å². The van der Waals surface area contributed by atoms with Gasteiger partial charge in [-0.3, -0.25) is 9.59 Å². The molecule has 3 rings (SSSR count). The van der Waals surface area contributed by atoms with E-state index in [4.69, 9.17) is 4.74 Å². The highest BCUT2D eigenvalue weighted by molar-refractivity contribution is 5.91. The number of anilines is 1. The highest BCUT2D eigenvalue weighted by Gasteiger charge is 2.16. The number of benzene rings is 2. The molecule has 6 nitrogen and oxygen atoms in total. The van der Waals surface area contributed by atoms with Gasteiger partial charge in [-0.25, -0.2) is 0 Å². The van der Waals surface area contributed by atoms with E-state index in [1.54, 1.807) is 14.0 Å². The number of hydrogen-bond acceptors (Lipinski definition) is 4. The predicted octanol–water partition coefficient (Wildman–Crippen LogP) is 4.03. The van der Waals surface area contributed by atoms with Crippen LogP contribution in [0.15, 0.2) is 48.5 Å². The Morgan fingerprint density at radius 3 is 2.52 bits per heavy atom. The first-order chi connectivity index (χ1) is 15.0. The molecule has 166 valence electrons. The Balaban J connectivity index is 1.38. The quantitative estimate of drug-likeness (QED) is 0.652. The van der Waals surface area contributed by atoms with Crippen molar-refractivity contribution in [2.24, 2.45) is 0 Å². The molecule has 0 saturated carbocycles. The summed E-state index contributed by atoms with van der Waals surface area (Å²) in [5, 5.41) is 2.99. The molecule has 2 aromatic rings. The second kappa shape index (κ2) is 11.5. The minimum Gasteiger partial charge on any atom is -0.497 e. The highest BCUT2D eigenvalue weighted by Crippen LogP contribution is 2.25. The lowest BCUT2D eigenvalue weighted by molar-refractivity contribution is -0.128. The Labute approximate surface area is 185 Å². The van der Waals surface area contributed by atoms with Gasteiger partial charge in [0.25, 0.3) is 0 Å². The fourth-order valence-corrected chi connectivity index (χ4v) is 3.90. The van der Waals surface area contributed by atoms with Crippen molar-refractivity contribution in [3.05, 3.63) is 48.5 Å². The molecule has 0 aliphatic carbocycles. The summed E-state index contributed by atoms with van der Waals surface area (Å²) in [4.78, 5) is 28.1. The van der Waals surface area contributed by atoms with E-state index < -0.39 is 0 Å². The molecule has 2 amide bonds. The van der Waals surface area contributed by atoms with E-state index in [0.29, 0.717) is 6.42 Å². The third kappa shape index (κ3) is 7.10. The molecule has 0 aromatic heterocycles. The lowest BCUT2D eigenvalue weighted by Crippen LogP contribution is -2.34. The van der Waals surface area contributed by atoms with Crippen LogP contribution in [0, 0.1) is 0 Å². The van der Waals surface area contributed by atoms with E-state index in [1.165, 1.54) is 0 Å². The van der Waals surface area contributed by atoms with Crippen LogP contribution >= 0.6 is 0 Å². The smallest absolute Gasteiger partial charge is 0.224 e. The minimum absolute atomic E-state index is 0.0488. The van der Waals surface area contributed by atoms with Gasteiger partial charge in [-0.15, -0.1) is 0 Å². The van der Waals surface area contributed by atoms with Gasteiger partial charge in [-0.1, -0.05) is 24.3 Å². The Morgan fingerprint density at radius 2 is 1.77 bits per heavy atom. The first kappa shape index (κ1) is 22.8. The third-order valence-corrected chi connectivity index (χ3v) is 5.73. The van der Waals surface area contributed by atoms with Gasteiger partial charge >= 0.3 is 0 Å².